The van der Waals surface area contributed by atoms with Crippen molar-refractivity contribution >= 4 is 23.4 Å². The molecule has 7 nitrogen and oxygen atoms in total. The van der Waals surface area contributed by atoms with Crippen molar-refractivity contribution in [2.45, 2.75) is 49.7 Å². The summed E-state index contributed by atoms with van der Waals surface area (Å²) in [6.07, 6.45) is 0.670. The smallest absolute Gasteiger partial charge is 0.237 e. The fourth-order valence-corrected chi connectivity index (χ4v) is 4.65. The van der Waals surface area contributed by atoms with Gasteiger partial charge in [-0.05, 0) is 57.2 Å². The van der Waals surface area contributed by atoms with Gasteiger partial charge in [0.15, 0.2) is 5.82 Å². The average Bonchev–Trinajstić information content (AvgIpc) is 2.83. The molecule has 0 saturated carbocycles. The standard InChI is InChI=1S/C26H29N3O4S/c1-16(24(30)28-20-8-6-7-9-22(20)32-5)34-25-19-15-33-26(2,3)14-21(19)27-23(29-25)17-10-12-18(31-4)13-11-17/h6-13,16H,14-15H2,1-5H3,(H,28,30)/t16-/m1/s1. The van der Waals surface area contributed by atoms with Crippen LogP contribution >= 0.6 is 11.8 Å². The molecule has 0 bridgehead atoms. The van der Waals surface area contributed by atoms with Crippen LogP contribution in [-0.4, -0.2) is 40.9 Å². The number of carbonyl (C=O) groups excluding carboxylic acids is 1. The summed E-state index contributed by atoms with van der Waals surface area (Å²) in [5, 5.41) is 3.32. The van der Waals surface area contributed by atoms with Crippen LogP contribution in [0, 0.1) is 0 Å². The first-order valence-electron chi connectivity index (χ1n) is 11.1. The van der Waals surface area contributed by atoms with Gasteiger partial charge in [-0.2, -0.15) is 0 Å². The number of rotatable bonds is 7. The third-order valence-corrected chi connectivity index (χ3v) is 6.75. The van der Waals surface area contributed by atoms with Gasteiger partial charge >= 0.3 is 0 Å². The van der Waals surface area contributed by atoms with E-state index in [-0.39, 0.29) is 11.5 Å². The Morgan fingerprint density at radius 3 is 2.53 bits per heavy atom. The second kappa shape index (κ2) is 10.0. The molecule has 8 heteroatoms. The highest BCUT2D eigenvalue weighted by atomic mass is 32.2. The summed E-state index contributed by atoms with van der Waals surface area (Å²) in [6, 6.07) is 15.0. The molecule has 1 aliphatic heterocycles. The molecule has 2 aromatic carbocycles. The molecule has 34 heavy (non-hydrogen) atoms. The Morgan fingerprint density at radius 2 is 1.82 bits per heavy atom. The average molecular weight is 480 g/mol. The molecule has 1 aliphatic rings. The molecule has 2 heterocycles. The van der Waals surface area contributed by atoms with Crippen LogP contribution in [0.4, 0.5) is 5.69 Å². The van der Waals surface area contributed by atoms with Crippen molar-refractivity contribution in [2.24, 2.45) is 0 Å². The molecule has 4 rings (SSSR count). The number of para-hydroxylation sites is 2. The molecule has 1 atom stereocenters. The van der Waals surface area contributed by atoms with Crippen LogP contribution in [0.15, 0.2) is 53.6 Å². The van der Waals surface area contributed by atoms with E-state index in [1.54, 1.807) is 14.2 Å². The quantitative estimate of drug-likeness (QED) is 0.371. The lowest BCUT2D eigenvalue weighted by atomic mass is 9.96. The Labute approximate surface area is 204 Å². The maximum atomic E-state index is 13.0. The van der Waals surface area contributed by atoms with E-state index in [0.29, 0.717) is 30.3 Å². The number of thioether (sulfide) groups is 1. The molecular weight excluding hydrogens is 450 g/mol. The highest BCUT2D eigenvalue weighted by Crippen LogP contribution is 2.36. The van der Waals surface area contributed by atoms with E-state index in [2.05, 4.69) is 19.2 Å². The number of ether oxygens (including phenoxy) is 3. The van der Waals surface area contributed by atoms with E-state index in [0.717, 1.165) is 27.6 Å². The Kier molecular flexibility index (Phi) is 7.09. The Bertz CT molecular complexity index is 1180. The number of methoxy groups -OCH3 is 2. The number of carbonyl (C=O) groups is 1. The number of aromatic nitrogens is 2. The van der Waals surface area contributed by atoms with Gasteiger partial charge in [0.05, 0.1) is 43.1 Å². The van der Waals surface area contributed by atoms with Gasteiger partial charge < -0.3 is 19.5 Å². The molecule has 178 valence electrons. The van der Waals surface area contributed by atoms with Gasteiger partial charge in [-0.3, -0.25) is 4.79 Å². The lowest BCUT2D eigenvalue weighted by Gasteiger charge is -2.32. The van der Waals surface area contributed by atoms with Crippen LogP contribution < -0.4 is 14.8 Å². The largest absolute Gasteiger partial charge is 0.497 e. The number of amides is 1. The zero-order chi connectivity index (χ0) is 24.3. The number of benzene rings is 2. The number of hydrogen-bond acceptors (Lipinski definition) is 7. The van der Waals surface area contributed by atoms with Crippen molar-refractivity contribution in [1.82, 2.24) is 9.97 Å². The second-order valence-corrected chi connectivity index (χ2v) is 10.0. The summed E-state index contributed by atoms with van der Waals surface area (Å²) in [5.41, 5.74) is 3.11. The lowest BCUT2D eigenvalue weighted by molar-refractivity contribution is -0.115. The van der Waals surface area contributed by atoms with Crippen LogP contribution in [0.1, 0.15) is 32.0 Å². The predicted molar refractivity (Wildman–Crippen MR) is 134 cm³/mol. The second-order valence-electron chi connectivity index (χ2n) is 8.68. The summed E-state index contributed by atoms with van der Waals surface area (Å²) in [6.45, 7) is 6.39. The fraction of sp³-hybridized carbons (Fsp3) is 0.346. The first-order valence-corrected chi connectivity index (χ1v) is 12.0. The van der Waals surface area contributed by atoms with Crippen molar-refractivity contribution in [3.63, 3.8) is 0 Å². The van der Waals surface area contributed by atoms with Gasteiger partial charge in [0.2, 0.25) is 5.91 Å². The van der Waals surface area contributed by atoms with E-state index in [1.807, 2.05) is 55.5 Å². The maximum absolute atomic E-state index is 13.0. The molecule has 0 radical (unpaired) electrons. The topological polar surface area (TPSA) is 82.6 Å². The molecule has 0 unspecified atom stereocenters. The normalized spacial score (nSPS) is 15.2. The lowest BCUT2D eigenvalue weighted by Crippen LogP contribution is -2.33. The third kappa shape index (κ3) is 5.34. The summed E-state index contributed by atoms with van der Waals surface area (Å²) >= 11 is 1.41. The number of hydrogen-bond donors (Lipinski definition) is 1. The minimum Gasteiger partial charge on any atom is -0.497 e. The number of fused-ring (bicyclic) bond motifs is 1. The minimum atomic E-state index is -0.400. The van der Waals surface area contributed by atoms with E-state index in [4.69, 9.17) is 24.2 Å². The van der Waals surface area contributed by atoms with Gasteiger partial charge in [-0.1, -0.05) is 23.9 Å². The maximum Gasteiger partial charge on any atom is 0.237 e. The van der Waals surface area contributed by atoms with Crippen molar-refractivity contribution in [1.29, 1.82) is 0 Å². The number of nitrogens with zero attached hydrogens (tertiary/aromatic N) is 2. The summed E-state index contributed by atoms with van der Waals surface area (Å²) in [5.74, 6) is 1.88. The zero-order valence-electron chi connectivity index (χ0n) is 20.0. The number of nitrogens with one attached hydrogen (secondary N) is 1. The van der Waals surface area contributed by atoms with Crippen LogP contribution in [0.5, 0.6) is 11.5 Å². The van der Waals surface area contributed by atoms with Crippen molar-refractivity contribution in [2.75, 3.05) is 19.5 Å². The molecule has 1 amide bonds. The SMILES string of the molecule is COc1ccc(-c2nc3c(c(S[C@H](C)C(=O)Nc4ccccc4OC)n2)COC(C)(C)C3)cc1. The highest BCUT2D eigenvalue weighted by Gasteiger charge is 2.31. The third-order valence-electron chi connectivity index (χ3n) is 5.63. The van der Waals surface area contributed by atoms with E-state index >= 15 is 0 Å². The van der Waals surface area contributed by atoms with Gasteiger partial charge in [0, 0.05) is 17.5 Å². The van der Waals surface area contributed by atoms with Gasteiger partial charge in [0.25, 0.3) is 0 Å². The monoisotopic (exact) mass is 479 g/mol. The van der Waals surface area contributed by atoms with E-state index in [9.17, 15) is 4.79 Å². The minimum absolute atomic E-state index is 0.134. The van der Waals surface area contributed by atoms with Gasteiger partial charge in [-0.15, -0.1) is 0 Å². The zero-order valence-corrected chi connectivity index (χ0v) is 20.9. The molecule has 1 aromatic heterocycles. The predicted octanol–water partition coefficient (Wildman–Crippen LogP) is 5.13. The van der Waals surface area contributed by atoms with Crippen molar-refractivity contribution in [3.05, 3.63) is 59.8 Å². The summed E-state index contributed by atoms with van der Waals surface area (Å²) < 4.78 is 16.7. The Morgan fingerprint density at radius 1 is 1.09 bits per heavy atom. The molecule has 3 aromatic rings. The van der Waals surface area contributed by atoms with Crippen molar-refractivity contribution in [3.8, 4) is 22.9 Å². The van der Waals surface area contributed by atoms with E-state index < -0.39 is 5.25 Å². The molecule has 0 saturated heterocycles. The molecule has 0 fully saturated rings. The van der Waals surface area contributed by atoms with Gasteiger partial charge in [0.1, 0.15) is 16.5 Å². The fourth-order valence-electron chi connectivity index (χ4n) is 3.69. The van der Waals surface area contributed by atoms with Crippen LogP contribution in [0.2, 0.25) is 0 Å². The molecule has 0 aliphatic carbocycles. The van der Waals surface area contributed by atoms with Crippen LogP contribution in [0.3, 0.4) is 0 Å². The van der Waals surface area contributed by atoms with Gasteiger partial charge in [-0.25, -0.2) is 9.97 Å². The summed E-state index contributed by atoms with van der Waals surface area (Å²) in [4.78, 5) is 22.7. The Balaban J connectivity index is 1.63. The van der Waals surface area contributed by atoms with Crippen molar-refractivity contribution < 1.29 is 19.0 Å². The van der Waals surface area contributed by atoms with Crippen LogP contribution in [-0.2, 0) is 22.6 Å². The highest BCUT2D eigenvalue weighted by molar-refractivity contribution is 8.00. The summed E-state index contributed by atoms with van der Waals surface area (Å²) in [7, 11) is 3.22. The first kappa shape index (κ1) is 24.0. The molecule has 0 spiro atoms. The molecular formula is C26H29N3O4S. The van der Waals surface area contributed by atoms with E-state index in [1.165, 1.54) is 11.8 Å². The molecule has 1 N–H and O–H groups in total. The Hall–Kier alpha value is -3.10. The first-order chi connectivity index (χ1) is 16.3. The van der Waals surface area contributed by atoms with Crippen LogP contribution in [0.25, 0.3) is 11.4 Å². The number of anilines is 1.